The lowest BCUT2D eigenvalue weighted by Gasteiger charge is -2.20. The first kappa shape index (κ1) is 19.8. The van der Waals surface area contributed by atoms with E-state index < -0.39 is 23.8 Å². The predicted molar refractivity (Wildman–Crippen MR) is 102 cm³/mol. The zero-order valence-corrected chi connectivity index (χ0v) is 16.6. The number of fused-ring (bicyclic) bond motifs is 1. The molecule has 4 amide bonds. The zero-order chi connectivity index (χ0) is 21.6. The summed E-state index contributed by atoms with van der Waals surface area (Å²) >= 11 is 0. The Morgan fingerprint density at radius 2 is 1.90 bits per heavy atom. The van der Waals surface area contributed by atoms with Gasteiger partial charge in [0.15, 0.2) is 5.82 Å². The number of nitrogens with zero attached hydrogens (tertiary/aromatic N) is 4. The maximum Gasteiger partial charge on any atom is 0.342 e. The van der Waals surface area contributed by atoms with Crippen molar-refractivity contribution in [3.05, 3.63) is 17.1 Å². The smallest absolute Gasteiger partial charge is 0.342 e. The molecule has 1 saturated carbocycles. The van der Waals surface area contributed by atoms with E-state index in [0.717, 1.165) is 22.6 Å². The summed E-state index contributed by atoms with van der Waals surface area (Å²) in [6.45, 7) is 3.09. The average Bonchev–Trinajstić information content (AvgIpc) is 3.37. The highest BCUT2D eigenvalue weighted by Gasteiger charge is 2.48. The fourth-order valence-electron chi connectivity index (χ4n) is 3.99. The number of amides is 4. The van der Waals surface area contributed by atoms with E-state index in [0.29, 0.717) is 12.8 Å². The second-order valence-electron chi connectivity index (χ2n) is 7.25. The third kappa shape index (κ3) is 3.06. The van der Waals surface area contributed by atoms with E-state index in [2.05, 4.69) is 9.97 Å². The molecule has 4 rings (SSSR count). The molecule has 0 atom stereocenters. The highest BCUT2D eigenvalue weighted by molar-refractivity contribution is 6.44. The van der Waals surface area contributed by atoms with Gasteiger partial charge in [-0.05, 0) is 26.7 Å². The van der Waals surface area contributed by atoms with Gasteiger partial charge in [0.25, 0.3) is 0 Å². The fourth-order valence-corrected chi connectivity index (χ4v) is 3.99. The number of hydrogen-bond acceptors (Lipinski definition) is 9. The predicted octanol–water partition coefficient (Wildman–Crippen LogP) is 1.52. The molecule has 1 aliphatic heterocycles. The van der Waals surface area contributed by atoms with E-state index in [-0.39, 0.29) is 53.3 Å². The Morgan fingerprint density at radius 1 is 1.20 bits per heavy atom. The molecule has 2 aromatic rings. The summed E-state index contributed by atoms with van der Waals surface area (Å²) in [4.78, 5) is 59.8. The number of nitrogens with two attached hydrogens (primary N) is 1. The van der Waals surface area contributed by atoms with Gasteiger partial charge in [0.2, 0.25) is 5.71 Å². The van der Waals surface area contributed by atoms with Crippen LogP contribution in [-0.2, 0) is 20.9 Å². The second-order valence-corrected chi connectivity index (χ2v) is 7.25. The van der Waals surface area contributed by atoms with Crippen molar-refractivity contribution in [2.24, 2.45) is 0 Å². The number of carbonyl (C=O) groups excluding carboxylic acids is 4. The fraction of sp³-hybridized carbons (Fsp3) is 0.474. The number of carbonyl (C=O) groups is 4. The summed E-state index contributed by atoms with van der Waals surface area (Å²) in [6, 6.07) is -0.936. The molecule has 158 valence electrons. The number of aryl methyl sites for hydroxylation is 1. The molecule has 1 saturated heterocycles. The highest BCUT2D eigenvalue weighted by atomic mass is 16.5. The molecule has 2 aliphatic rings. The number of hydrogen-bond donors (Lipinski definition) is 1. The van der Waals surface area contributed by atoms with Crippen LogP contribution in [0.5, 0.6) is 0 Å². The van der Waals surface area contributed by atoms with Crippen LogP contribution < -0.4 is 5.73 Å². The maximum absolute atomic E-state index is 12.7. The third-order valence-corrected chi connectivity index (χ3v) is 5.35. The van der Waals surface area contributed by atoms with Crippen LogP contribution in [0.4, 0.5) is 10.6 Å². The standard InChI is InChI=1S/C19H21N5O6/c1-3-29-18(27)12-9(2)30-15-13(12)14(20)21-11(22-15)8-23-16(25)17(26)24(19(23)28)10-6-4-5-7-10/h10H,3-8H2,1-2H3,(H2,20,21,22). The van der Waals surface area contributed by atoms with E-state index in [1.807, 2.05) is 0 Å². The minimum absolute atomic E-state index is 0.0203. The minimum atomic E-state index is -0.919. The molecule has 11 heteroatoms. The molecule has 0 spiro atoms. The van der Waals surface area contributed by atoms with Crippen LogP contribution in [0.2, 0.25) is 0 Å². The van der Waals surface area contributed by atoms with Crippen molar-refractivity contribution in [2.45, 2.75) is 52.1 Å². The van der Waals surface area contributed by atoms with Crippen molar-refractivity contribution in [1.82, 2.24) is 19.8 Å². The van der Waals surface area contributed by atoms with E-state index in [1.165, 1.54) is 0 Å². The lowest BCUT2D eigenvalue weighted by Crippen LogP contribution is -2.39. The second kappa shape index (κ2) is 7.39. The molecule has 0 aromatic carbocycles. The quantitative estimate of drug-likeness (QED) is 0.436. The number of furan rings is 1. The lowest BCUT2D eigenvalue weighted by atomic mass is 10.2. The molecule has 2 aromatic heterocycles. The van der Waals surface area contributed by atoms with Crippen molar-refractivity contribution < 1.29 is 28.3 Å². The van der Waals surface area contributed by atoms with Crippen LogP contribution in [-0.4, -0.2) is 56.2 Å². The van der Waals surface area contributed by atoms with Crippen LogP contribution >= 0.6 is 0 Å². The Hall–Kier alpha value is -3.50. The summed E-state index contributed by atoms with van der Waals surface area (Å²) in [5.74, 6) is -2.13. The molecule has 30 heavy (non-hydrogen) atoms. The molecule has 0 bridgehead atoms. The minimum Gasteiger partial charge on any atom is -0.462 e. The SMILES string of the molecule is CCOC(=O)c1c(C)oc2nc(CN3C(=O)C(=O)N(C4CCCC4)C3=O)nc(N)c12. The number of rotatable bonds is 5. The van der Waals surface area contributed by atoms with Crippen LogP contribution in [0.1, 0.15) is 54.5 Å². The molecular weight excluding hydrogens is 394 g/mol. The summed E-state index contributed by atoms with van der Waals surface area (Å²) in [6.07, 6.45) is 3.20. The number of urea groups is 1. The first-order valence-corrected chi connectivity index (χ1v) is 9.75. The Bertz CT molecular complexity index is 1070. The molecule has 0 radical (unpaired) electrons. The number of anilines is 1. The Kier molecular flexibility index (Phi) is 4.88. The van der Waals surface area contributed by atoms with E-state index >= 15 is 0 Å². The van der Waals surface area contributed by atoms with Gasteiger partial charge in [-0.1, -0.05) is 12.8 Å². The highest BCUT2D eigenvalue weighted by Crippen LogP contribution is 2.31. The number of ether oxygens (including phenoxy) is 1. The summed E-state index contributed by atoms with van der Waals surface area (Å²) in [5, 5.41) is 0.206. The number of nitrogen functional groups attached to an aromatic ring is 1. The van der Waals surface area contributed by atoms with Crippen LogP contribution in [0.25, 0.3) is 11.1 Å². The van der Waals surface area contributed by atoms with Gasteiger partial charge in [-0.2, -0.15) is 4.98 Å². The molecule has 2 fully saturated rings. The third-order valence-electron chi connectivity index (χ3n) is 5.35. The van der Waals surface area contributed by atoms with E-state index in [1.54, 1.807) is 13.8 Å². The van der Waals surface area contributed by atoms with Crippen molar-refractivity contribution in [2.75, 3.05) is 12.3 Å². The van der Waals surface area contributed by atoms with Gasteiger partial charge in [0, 0.05) is 6.04 Å². The molecule has 3 heterocycles. The van der Waals surface area contributed by atoms with Gasteiger partial charge in [-0.15, -0.1) is 0 Å². The van der Waals surface area contributed by atoms with Gasteiger partial charge in [-0.25, -0.2) is 19.5 Å². The van der Waals surface area contributed by atoms with Crippen LogP contribution in [0.15, 0.2) is 4.42 Å². The first-order valence-electron chi connectivity index (χ1n) is 9.75. The number of esters is 1. The number of aromatic nitrogens is 2. The van der Waals surface area contributed by atoms with Gasteiger partial charge in [0.05, 0.1) is 18.5 Å². The van der Waals surface area contributed by atoms with Crippen LogP contribution in [0, 0.1) is 6.92 Å². The normalized spacial score (nSPS) is 17.6. The monoisotopic (exact) mass is 415 g/mol. The number of imide groups is 2. The molecule has 2 N–H and O–H groups in total. The summed E-state index contributed by atoms with van der Waals surface area (Å²) in [5.41, 5.74) is 6.19. The zero-order valence-electron chi connectivity index (χ0n) is 16.6. The molecule has 11 nitrogen and oxygen atoms in total. The molecule has 0 unspecified atom stereocenters. The van der Waals surface area contributed by atoms with Crippen molar-refractivity contribution in [3.63, 3.8) is 0 Å². The Balaban J connectivity index is 1.64. The van der Waals surface area contributed by atoms with Gasteiger partial charge >= 0.3 is 23.8 Å². The average molecular weight is 415 g/mol. The maximum atomic E-state index is 12.7. The van der Waals surface area contributed by atoms with Crippen molar-refractivity contribution in [1.29, 1.82) is 0 Å². The van der Waals surface area contributed by atoms with Crippen LogP contribution in [0.3, 0.4) is 0 Å². The lowest BCUT2D eigenvalue weighted by molar-refractivity contribution is -0.144. The molecule has 1 aliphatic carbocycles. The summed E-state index contributed by atoms with van der Waals surface area (Å²) in [7, 11) is 0. The van der Waals surface area contributed by atoms with Gasteiger partial charge in [0.1, 0.15) is 17.1 Å². The van der Waals surface area contributed by atoms with Crippen molar-refractivity contribution >= 4 is 40.7 Å². The van der Waals surface area contributed by atoms with E-state index in [4.69, 9.17) is 14.9 Å². The van der Waals surface area contributed by atoms with Crippen molar-refractivity contribution in [3.8, 4) is 0 Å². The van der Waals surface area contributed by atoms with Gasteiger partial charge < -0.3 is 14.9 Å². The Labute approximate surface area is 171 Å². The van der Waals surface area contributed by atoms with E-state index in [9.17, 15) is 19.2 Å². The Morgan fingerprint density at radius 3 is 2.57 bits per heavy atom. The van der Waals surface area contributed by atoms with Gasteiger partial charge in [-0.3, -0.25) is 14.5 Å². The molecular formula is C19H21N5O6. The summed E-state index contributed by atoms with van der Waals surface area (Å²) < 4.78 is 10.5. The first-order chi connectivity index (χ1) is 14.3. The largest absolute Gasteiger partial charge is 0.462 e. The topological polar surface area (TPSA) is 149 Å².